The van der Waals surface area contributed by atoms with Crippen molar-refractivity contribution in [3.8, 4) is 0 Å². The summed E-state index contributed by atoms with van der Waals surface area (Å²) >= 11 is 3.84. The van der Waals surface area contributed by atoms with Gasteiger partial charge in [0.1, 0.15) is 0 Å². The highest BCUT2D eigenvalue weighted by molar-refractivity contribution is 7.80. The van der Waals surface area contributed by atoms with Crippen molar-refractivity contribution in [1.82, 2.24) is 0 Å². The molecule has 0 amide bonds. The van der Waals surface area contributed by atoms with Crippen LogP contribution in [0.2, 0.25) is 0 Å². The van der Waals surface area contributed by atoms with Gasteiger partial charge in [0.2, 0.25) is 0 Å². The van der Waals surface area contributed by atoms with Crippen LogP contribution in [-0.2, 0) is 12.4 Å². The molecular weight excluding hydrogens is 266 g/mol. The Kier molecular flexibility index (Phi) is 3.71. The van der Waals surface area contributed by atoms with Crippen LogP contribution in [0.5, 0.6) is 0 Å². The van der Waals surface area contributed by atoms with Gasteiger partial charge in [0.15, 0.2) is 0 Å². The van der Waals surface area contributed by atoms with Gasteiger partial charge in [-0.2, -0.15) is 39.0 Å². The van der Waals surface area contributed by atoms with Crippen LogP contribution < -0.4 is 0 Å². The third-order valence-electron chi connectivity index (χ3n) is 2.09. The zero-order valence-corrected chi connectivity index (χ0v) is 9.42. The van der Waals surface area contributed by atoms with E-state index >= 15 is 0 Å². The summed E-state index contributed by atoms with van der Waals surface area (Å²) in [6.45, 7) is 1.40. The van der Waals surface area contributed by atoms with Gasteiger partial charge in [-0.25, -0.2) is 0 Å². The molecule has 0 bridgehead atoms. The van der Waals surface area contributed by atoms with Crippen molar-refractivity contribution in [1.29, 1.82) is 0 Å². The monoisotopic (exact) mass is 274 g/mol. The Morgan fingerprint density at radius 1 is 0.882 bits per heavy atom. The normalized spacial score (nSPS) is 14.8. The molecule has 1 aromatic rings. The second kappa shape index (κ2) is 4.44. The average molecular weight is 274 g/mol. The van der Waals surface area contributed by atoms with Crippen molar-refractivity contribution in [2.24, 2.45) is 0 Å². The third kappa shape index (κ3) is 3.55. The van der Waals surface area contributed by atoms with Crippen LogP contribution in [0.1, 0.15) is 28.9 Å². The van der Waals surface area contributed by atoms with E-state index in [4.69, 9.17) is 0 Å². The smallest absolute Gasteiger partial charge is 0.171 e. The third-order valence-corrected chi connectivity index (χ3v) is 2.39. The van der Waals surface area contributed by atoms with Crippen molar-refractivity contribution < 1.29 is 26.3 Å². The standard InChI is InChI=1S/C10H8F6S/c1-5(17)6-2-7(9(11,12)13)4-8(3-6)10(14,15)16/h2-5,17H,1H3. The predicted octanol–water partition coefficient (Wildman–Crippen LogP) is 4.72. The molecule has 0 nitrogen and oxygen atoms in total. The average Bonchev–Trinajstić information content (AvgIpc) is 2.14. The largest absolute Gasteiger partial charge is 0.416 e. The Labute approximate surface area is 99.0 Å². The van der Waals surface area contributed by atoms with E-state index in [0.29, 0.717) is 12.1 Å². The van der Waals surface area contributed by atoms with Crippen molar-refractivity contribution in [3.63, 3.8) is 0 Å². The maximum atomic E-state index is 12.4. The predicted molar refractivity (Wildman–Crippen MR) is 53.8 cm³/mol. The molecule has 0 N–H and O–H groups in total. The Morgan fingerprint density at radius 2 is 1.24 bits per heavy atom. The summed E-state index contributed by atoms with van der Waals surface area (Å²) in [4.78, 5) is 0. The first kappa shape index (κ1) is 14.2. The summed E-state index contributed by atoms with van der Waals surface area (Å²) in [5.41, 5.74) is -2.75. The maximum Gasteiger partial charge on any atom is 0.416 e. The van der Waals surface area contributed by atoms with E-state index in [1.807, 2.05) is 0 Å². The van der Waals surface area contributed by atoms with E-state index in [0.717, 1.165) is 0 Å². The summed E-state index contributed by atoms with van der Waals surface area (Å²) in [5, 5.41) is -0.710. The lowest BCUT2D eigenvalue weighted by Gasteiger charge is -2.15. The Hall–Kier alpha value is -0.850. The van der Waals surface area contributed by atoms with Crippen LogP contribution >= 0.6 is 12.6 Å². The molecule has 7 heteroatoms. The Morgan fingerprint density at radius 3 is 1.47 bits per heavy atom. The second-order valence-electron chi connectivity index (χ2n) is 3.52. The van der Waals surface area contributed by atoms with Gasteiger partial charge < -0.3 is 0 Å². The van der Waals surface area contributed by atoms with Crippen molar-refractivity contribution >= 4 is 12.6 Å². The van der Waals surface area contributed by atoms with Crippen LogP contribution in [0.15, 0.2) is 18.2 Å². The summed E-state index contributed by atoms with van der Waals surface area (Å²) in [6, 6.07) is 1.44. The highest BCUT2D eigenvalue weighted by Gasteiger charge is 2.37. The van der Waals surface area contributed by atoms with Crippen molar-refractivity contribution in [2.75, 3.05) is 0 Å². The molecule has 0 heterocycles. The lowest BCUT2D eigenvalue weighted by molar-refractivity contribution is -0.143. The van der Waals surface area contributed by atoms with E-state index in [9.17, 15) is 26.3 Å². The van der Waals surface area contributed by atoms with Crippen LogP contribution in [0.3, 0.4) is 0 Å². The number of halogens is 6. The quantitative estimate of drug-likeness (QED) is 0.556. The van der Waals surface area contributed by atoms with E-state index in [1.54, 1.807) is 0 Å². The first-order valence-corrected chi connectivity index (χ1v) is 5.01. The summed E-state index contributed by atoms with van der Waals surface area (Å²) in [5.74, 6) is 0. The molecule has 0 saturated carbocycles. The lowest BCUT2D eigenvalue weighted by atomic mass is 10.0. The highest BCUT2D eigenvalue weighted by atomic mass is 32.1. The highest BCUT2D eigenvalue weighted by Crippen LogP contribution is 2.38. The van der Waals surface area contributed by atoms with Crippen LogP contribution in [0.25, 0.3) is 0 Å². The number of benzene rings is 1. The number of hydrogen-bond acceptors (Lipinski definition) is 1. The molecule has 0 aliphatic heterocycles. The summed E-state index contributed by atoms with van der Waals surface area (Å²) in [7, 11) is 0. The molecule has 0 fully saturated rings. The van der Waals surface area contributed by atoms with Crippen LogP contribution in [-0.4, -0.2) is 0 Å². The maximum absolute atomic E-state index is 12.4. The summed E-state index contributed by atoms with van der Waals surface area (Å²) in [6.07, 6.45) is -9.61. The SMILES string of the molecule is CC(S)c1cc(C(F)(F)F)cc(C(F)(F)F)c1. The zero-order chi connectivity index (χ0) is 13.4. The van der Waals surface area contributed by atoms with E-state index < -0.39 is 28.7 Å². The van der Waals surface area contributed by atoms with Crippen molar-refractivity contribution in [3.05, 3.63) is 34.9 Å². The minimum Gasteiger partial charge on any atom is -0.171 e. The van der Waals surface area contributed by atoms with E-state index in [-0.39, 0.29) is 11.6 Å². The van der Waals surface area contributed by atoms with Gasteiger partial charge in [0, 0.05) is 5.25 Å². The fraction of sp³-hybridized carbons (Fsp3) is 0.400. The first-order valence-electron chi connectivity index (χ1n) is 4.49. The van der Waals surface area contributed by atoms with E-state index in [2.05, 4.69) is 12.6 Å². The van der Waals surface area contributed by atoms with Gasteiger partial charge in [-0.15, -0.1) is 0 Å². The molecule has 0 radical (unpaired) electrons. The minimum atomic E-state index is -4.81. The number of thiol groups is 1. The van der Waals surface area contributed by atoms with Crippen LogP contribution in [0.4, 0.5) is 26.3 Å². The molecule has 0 aliphatic rings. The molecule has 1 aromatic carbocycles. The number of rotatable bonds is 1. The van der Waals surface area contributed by atoms with Crippen LogP contribution in [0, 0.1) is 0 Å². The number of hydrogen-bond donors (Lipinski definition) is 1. The van der Waals surface area contributed by atoms with Gasteiger partial charge in [-0.1, -0.05) is 0 Å². The zero-order valence-electron chi connectivity index (χ0n) is 8.52. The molecular formula is C10H8F6S. The van der Waals surface area contributed by atoms with Gasteiger partial charge in [0.05, 0.1) is 11.1 Å². The molecule has 0 saturated heterocycles. The first-order chi connectivity index (χ1) is 7.51. The van der Waals surface area contributed by atoms with E-state index in [1.165, 1.54) is 6.92 Å². The molecule has 1 atom stereocenters. The van der Waals surface area contributed by atoms with Gasteiger partial charge >= 0.3 is 12.4 Å². The molecule has 96 valence electrons. The second-order valence-corrected chi connectivity index (χ2v) is 4.29. The lowest BCUT2D eigenvalue weighted by Crippen LogP contribution is -2.11. The van der Waals surface area contributed by atoms with Crippen molar-refractivity contribution in [2.45, 2.75) is 24.5 Å². The van der Waals surface area contributed by atoms with Gasteiger partial charge in [-0.3, -0.25) is 0 Å². The summed E-state index contributed by atoms with van der Waals surface area (Å²) < 4.78 is 74.4. The van der Waals surface area contributed by atoms with Gasteiger partial charge in [-0.05, 0) is 30.7 Å². The minimum absolute atomic E-state index is 0.0969. The molecule has 0 aliphatic carbocycles. The topological polar surface area (TPSA) is 0 Å². The fourth-order valence-corrected chi connectivity index (χ4v) is 1.37. The molecule has 1 unspecified atom stereocenters. The fourth-order valence-electron chi connectivity index (χ4n) is 1.22. The molecule has 17 heavy (non-hydrogen) atoms. The molecule has 0 spiro atoms. The van der Waals surface area contributed by atoms with Gasteiger partial charge in [0.25, 0.3) is 0 Å². The molecule has 0 aromatic heterocycles. The molecule has 1 rings (SSSR count). The Balaban J connectivity index is 3.40. The number of alkyl halides is 6. The Bertz CT molecular complexity index is 372.